The first kappa shape index (κ1) is 15.6. The Balaban J connectivity index is 1.82. The Labute approximate surface area is 134 Å². The van der Waals surface area contributed by atoms with Crippen LogP contribution in [0.4, 0.5) is 4.39 Å². The van der Waals surface area contributed by atoms with Gasteiger partial charge < -0.3 is 9.84 Å². The zero-order valence-corrected chi connectivity index (χ0v) is 13.3. The fraction of sp³-hybridized carbons (Fsp3) is 0.471. The number of nitrogens with one attached hydrogen (secondary N) is 1. The van der Waals surface area contributed by atoms with E-state index in [0.717, 1.165) is 25.7 Å². The van der Waals surface area contributed by atoms with Crippen LogP contribution in [0.5, 0.6) is 0 Å². The van der Waals surface area contributed by atoms with Gasteiger partial charge in [-0.05, 0) is 37.5 Å². The molecule has 3 rings (SSSR count). The SMILES string of the molecule is Cc1nc(C2(NC(=O)C(C)c3cccc(F)c3)CCCC2)no1. The third-order valence-electron chi connectivity index (χ3n) is 4.52. The number of amides is 1. The Morgan fingerprint density at radius 3 is 2.74 bits per heavy atom. The van der Waals surface area contributed by atoms with E-state index in [0.29, 0.717) is 17.3 Å². The van der Waals surface area contributed by atoms with Gasteiger partial charge in [-0.3, -0.25) is 4.79 Å². The monoisotopic (exact) mass is 317 g/mol. The van der Waals surface area contributed by atoms with Crippen molar-refractivity contribution in [2.75, 3.05) is 0 Å². The Hall–Kier alpha value is -2.24. The van der Waals surface area contributed by atoms with Crippen LogP contribution in [0.3, 0.4) is 0 Å². The van der Waals surface area contributed by atoms with Gasteiger partial charge in [0.1, 0.15) is 11.4 Å². The van der Waals surface area contributed by atoms with Crippen molar-refractivity contribution >= 4 is 5.91 Å². The number of hydrogen-bond donors (Lipinski definition) is 1. The summed E-state index contributed by atoms with van der Waals surface area (Å²) in [6.45, 7) is 3.50. The van der Waals surface area contributed by atoms with Gasteiger partial charge in [0.05, 0.1) is 5.92 Å². The molecule has 6 heteroatoms. The molecule has 0 spiro atoms. The lowest BCUT2D eigenvalue weighted by atomic mass is 9.93. The van der Waals surface area contributed by atoms with Crippen molar-refractivity contribution < 1.29 is 13.7 Å². The summed E-state index contributed by atoms with van der Waals surface area (Å²) in [5.41, 5.74) is 0.0797. The molecule has 0 saturated heterocycles. The molecule has 1 heterocycles. The van der Waals surface area contributed by atoms with Crippen LogP contribution in [0.15, 0.2) is 28.8 Å². The number of carbonyl (C=O) groups excluding carboxylic acids is 1. The number of hydrogen-bond acceptors (Lipinski definition) is 4. The second-order valence-corrected chi connectivity index (χ2v) is 6.19. The summed E-state index contributed by atoms with van der Waals surface area (Å²) in [6, 6.07) is 6.13. The van der Waals surface area contributed by atoms with Crippen LogP contribution in [0, 0.1) is 12.7 Å². The third-order valence-corrected chi connectivity index (χ3v) is 4.52. The second kappa shape index (κ2) is 6.10. The van der Waals surface area contributed by atoms with Gasteiger partial charge in [0.2, 0.25) is 11.8 Å². The van der Waals surface area contributed by atoms with Crippen LogP contribution in [-0.4, -0.2) is 16.0 Å². The maximum atomic E-state index is 13.4. The van der Waals surface area contributed by atoms with Crippen LogP contribution in [0.1, 0.15) is 55.8 Å². The van der Waals surface area contributed by atoms with E-state index in [1.165, 1.54) is 12.1 Å². The highest BCUT2D eigenvalue weighted by Gasteiger charge is 2.42. The minimum absolute atomic E-state index is 0.153. The maximum absolute atomic E-state index is 13.4. The molecule has 1 aromatic heterocycles. The van der Waals surface area contributed by atoms with Gasteiger partial charge in [0, 0.05) is 6.92 Å². The molecular formula is C17H20FN3O2. The zero-order valence-electron chi connectivity index (χ0n) is 13.3. The second-order valence-electron chi connectivity index (χ2n) is 6.19. The topological polar surface area (TPSA) is 68.0 Å². The number of nitrogens with zero attached hydrogens (tertiary/aromatic N) is 2. The number of aryl methyl sites for hydroxylation is 1. The average molecular weight is 317 g/mol. The van der Waals surface area contributed by atoms with Crippen LogP contribution in [0.2, 0.25) is 0 Å². The van der Waals surface area contributed by atoms with E-state index in [-0.39, 0.29) is 11.7 Å². The van der Waals surface area contributed by atoms with Gasteiger partial charge in [0.25, 0.3) is 0 Å². The van der Waals surface area contributed by atoms with Gasteiger partial charge in [0.15, 0.2) is 5.82 Å². The molecule has 1 fully saturated rings. The lowest BCUT2D eigenvalue weighted by molar-refractivity contribution is -0.124. The lowest BCUT2D eigenvalue weighted by Gasteiger charge is -2.28. The van der Waals surface area contributed by atoms with Crippen molar-refractivity contribution in [3.63, 3.8) is 0 Å². The molecule has 1 aliphatic carbocycles. The average Bonchev–Trinajstić information content (AvgIpc) is 3.16. The van der Waals surface area contributed by atoms with Crippen LogP contribution >= 0.6 is 0 Å². The van der Waals surface area contributed by atoms with Gasteiger partial charge in [-0.15, -0.1) is 0 Å². The van der Waals surface area contributed by atoms with Crippen molar-refractivity contribution in [1.29, 1.82) is 0 Å². The molecule has 0 bridgehead atoms. The smallest absolute Gasteiger partial charge is 0.228 e. The fourth-order valence-corrected chi connectivity index (χ4v) is 3.15. The first-order chi connectivity index (χ1) is 11.0. The van der Waals surface area contributed by atoms with Crippen LogP contribution in [-0.2, 0) is 10.3 Å². The predicted molar refractivity (Wildman–Crippen MR) is 82.1 cm³/mol. The van der Waals surface area contributed by atoms with Gasteiger partial charge in [-0.2, -0.15) is 4.98 Å². The number of rotatable bonds is 4. The third kappa shape index (κ3) is 3.11. The van der Waals surface area contributed by atoms with E-state index in [2.05, 4.69) is 15.5 Å². The number of aromatic nitrogens is 2. The first-order valence-corrected chi connectivity index (χ1v) is 7.88. The van der Waals surface area contributed by atoms with Gasteiger partial charge in [-0.25, -0.2) is 4.39 Å². The molecule has 1 aromatic carbocycles. The highest BCUT2D eigenvalue weighted by Crippen LogP contribution is 2.37. The first-order valence-electron chi connectivity index (χ1n) is 7.88. The maximum Gasteiger partial charge on any atom is 0.228 e. The van der Waals surface area contributed by atoms with E-state index in [1.807, 2.05) is 0 Å². The number of benzene rings is 1. The Morgan fingerprint density at radius 2 is 2.13 bits per heavy atom. The van der Waals surface area contributed by atoms with Crippen LogP contribution in [0.25, 0.3) is 0 Å². The summed E-state index contributed by atoms with van der Waals surface area (Å²) < 4.78 is 18.5. The molecule has 0 radical (unpaired) electrons. The zero-order chi connectivity index (χ0) is 16.4. The normalized spacial score (nSPS) is 17.9. The summed E-state index contributed by atoms with van der Waals surface area (Å²) in [4.78, 5) is 17.0. The summed E-state index contributed by atoms with van der Waals surface area (Å²) in [7, 11) is 0. The van der Waals surface area contributed by atoms with Crippen molar-refractivity contribution in [2.24, 2.45) is 0 Å². The Bertz CT molecular complexity index is 707. The quantitative estimate of drug-likeness (QED) is 0.940. The number of halogens is 1. The van der Waals surface area contributed by atoms with E-state index in [9.17, 15) is 9.18 Å². The van der Waals surface area contributed by atoms with E-state index in [4.69, 9.17) is 4.52 Å². The number of carbonyl (C=O) groups is 1. The van der Waals surface area contributed by atoms with Crippen LogP contribution < -0.4 is 5.32 Å². The summed E-state index contributed by atoms with van der Waals surface area (Å²) in [6.07, 6.45) is 3.57. The van der Waals surface area contributed by atoms with Gasteiger partial charge >= 0.3 is 0 Å². The van der Waals surface area contributed by atoms with E-state index >= 15 is 0 Å². The molecular weight excluding hydrogens is 297 g/mol. The minimum atomic E-state index is -0.573. The molecule has 0 aliphatic heterocycles. The Kier molecular flexibility index (Phi) is 4.15. The highest BCUT2D eigenvalue weighted by molar-refractivity contribution is 5.84. The largest absolute Gasteiger partial charge is 0.343 e. The molecule has 23 heavy (non-hydrogen) atoms. The minimum Gasteiger partial charge on any atom is -0.343 e. The van der Waals surface area contributed by atoms with Crippen molar-refractivity contribution in [3.05, 3.63) is 47.4 Å². The molecule has 122 valence electrons. The van der Waals surface area contributed by atoms with Gasteiger partial charge in [-0.1, -0.05) is 30.1 Å². The molecule has 1 N–H and O–H groups in total. The summed E-state index contributed by atoms with van der Waals surface area (Å²) in [5.74, 6) is 0.0774. The van der Waals surface area contributed by atoms with E-state index in [1.54, 1.807) is 26.0 Å². The molecule has 1 saturated carbocycles. The van der Waals surface area contributed by atoms with Crippen molar-refractivity contribution in [1.82, 2.24) is 15.5 Å². The summed E-state index contributed by atoms with van der Waals surface area (Å²) in [5, 5.41) is 7.10. The molecule has 1 aliphatic rings. The highest BCUT2D eigenvalue weighted by atomic mass is 19.1. The van der Waals surface area contributed by atoms with E-state index < -0.39 is 11.5 Å². The Morgan fingerprint density at radius 1 is 1.39 bits per heavy atom. The molecule has 1 atom stereocenters. The predicted octanol–water partition coefficient (Wildman–Crippen LogP) is 3.21. The molecule has 2 aromatic rings. The molecule has 1 unspecified atom stereocenters. The lowest BCUT2D eigenvalue weighted by Crippen LogP contribution is -2.46. The molecule has 1 amide bonds. The standard InChI is InChI=1S/C17H20FN3O2/c1-11(13-6-5-7-14(18)10-13)15(22)20-17(8-3-4-9-17)16-19-12(2)23-21-16/h5-7,10-11H,3-4,8-9H2,1-2H3,(H,20,22). The van der Waals surface area contributed by atoms with Crippen molar-refractivity contribution in [2.45, 2.75) is 51.0 Å². The fourth-order valence-electron chi connectivity index (χ4n) is 3.15. The molecule has 5 nitrogen and oxygen atoms in total. The van der Waals surface area contributed by atoms with Crippen molar-refractivity contribution in [3.8, 4) is 0 Å². The summed E-state index contributed by atoms with van der Waals surface area (Å²) >= 11 is 0.